The molecule has 6 nitrogen and oxygen atoms in total. The molecule has 1 aromatic heterocycles. The third-order valence-electron chi connectivity index (χ3n) is 6.57. The molecule has 0 saturated carbocycles. The van der Waals surface area contributed by atoms with Gasteiger partial charge >= 0.3 is 0 Å². The number of allylic oxidation sites excluding steroid dienone is 1. The fourth-order valence-electron chi connectivity index (χ4n) is 4.67. The van der Waals surface area contributed by atoms with Gasteiger partial charge in [0.25, 0.3) is 5.91 Å². The number of aromatic nitrogens is 2. The number of nitrogens with one attached hydrogen (secondary N) is 2. The number of hydrogen-bond acceptors (Lipinski definition) is 4. The van der Waals surface area contributed by atoms with Crippen molar-refractivity contribution in [2.45, 2.75) is 31.7 Å². The number of likely N-dealkylation sites (tertiary alicyclic amines) is 1. The first kappa shape index (κ1) is 23.1. The largest absolute Gasteiger partial charge is 0.353 e. The van der Waals surface area contributed by atoms with Crippen LogP contribution in [0.1, 0.15) is 36.0 Å². The van der Waals surface area contributed by atoms with Gasteiger partial charge in [-0.25, -0.2) is 4.98 Å². The zero-order valence-electron chi connectivity index (χ0n) is 19.5. The zero-order chi connectivity index (χ0) is 23.0. The Morgan fingerprint density at radius 1 is 1.21 bits per heavy atom. The number of anilines is 1. The van der Waals surface area contributed by atoms with E-state index in [1.807, 2.05) is 66.6 Å². The topological polar surface area (TPSA) is 64.3 Å². The summed E-state index contributed by atoms with van der Waals surface area (Å²) in [5, 5.41) is 3.58. The van der Waals surface area contributed by atoms with Crippen LogP contribution in [0.5, 0.6) is 0 Å². The van der Waals surface area contributed by atoms with Crippen molar-refractivity contribution in [2.75, 3.05) is 38.5 Å². The Labute approximate surface area is 196 Å². The second-order valence-electron chi connectivity index (χ2n) is 9.09. The number of fused-ring (bicyclic) bond motifs is 1. The third kappa shape index (κ3) is 6.23. The van der Waals surface area contributed by atoms with Crippen LogP contribution in [-0.4, -0.2) is 64.9 Å². The van der Waals surface area contributed by atoms with E-state index in [9.17, 15) is 4.79 Å². The quantitative estimate of drug-likeness (QED) is 0.440. The van der Waals surface area contributed by atoms with E-state index in [2.05, 4.69) is 32.8 Å². The number of piperidine rings is 1. The van der Waals surface area contributed by atoms with Crippen LogP contribution in [0.3, 0.4) is 0 Å². The summed E-state index contributed by atoms with van der Waals surface area (Å²) in [5.41, 5.74) is 2.82. The molecule has 0 radical (unpaired) electrons. The fourth-order valence-corrected chi connectivity index (χ4v) is 4.67. The van der Waals surface area contributed by atoms with Crippen molar-refractivity contribution in [3.8, 4) is 0 Å². The van der Waals surface area contributed by atoms with E-state index >= 15 is 0 Å². The van der Waals surface area contributed by atoms with Crippen molar-refractivity contribution in [3.63, 3.8) is 0 Å². The molecule has 1 amide bonds. The SMILES string of the molecule is C=CCC(CCN1CCC(Nc2nc3ccccc3[nH]2)CC1)CN(C)C(=O)c1ccccc1. The molecule has 1 aliphatic heterocycles. The van der Waals surface area contributed by atoms with Crippen LogP contribution in [0.15, 0.2) is 67.3 Å². The molecule has 33 heavy (non-hydrogen) atoms. The number of carbonyl (C=O) groups is 1. The van der Waals surface area contributed by atoms with E-state index < -0.39 is 0 Å². The van der Waals surface area contributed by atoms with Crippen molar-refractivity contribution in [1.29, 1.82) is 0 Å². The summed E-state index contributed by atoms with van der Waals surface area (Å²) < 4.78 is 0. The number of rotatable bonds is 10. The van der Waals surface area contributed by atoms with Gasteiger partial charge in [-0.1, -0.05) is 36.4 Å². The number of carbonyl (C=O) groups excluding carboxylic acids is 1. The van der Waals surface area contributed by atoms with Gasteiger partial charge in [0.05, 0.1) is 11.0 Å². The highest BCUT2D eigenvalue weighted by Crippen LogP contribution is 2.20. The first-order chi connectivity index (χ1) is 16.1. The predicted octanol–water partition coefficient (Wildman–Crippen LogP) is 4.79. The Kier molecular flexibility index (Phi) is 7.79. The van der Waals surface area contributed by atoms with E-state index in [1.165, 1.54) is 0 Å². The molecule has 1 atom stereocenters. The first-order valence-electron chi connectivity index (χ1n) is 12.0. The van der Waals surface area contributed by atoms with E-state index in [0.29, 0.717) is 12.0 Å². The Morgan fingerprint density at radius 2 is 1.94 bits per heavy atom. The molecule has 1 fully saturated rings. The number of H-pyrrole nitrogens is 1. The van der Waals surface area contributed by atoms with Gasteiger partial charge in [0.15, 0.2) is 0 Å². The smallest absolute Gasteiger partial charge is 0.253 e. The highest BCUT2D eigenvalue weighted by atomic mass is 16.2. The number of para-hydroxylation sites is 2. The highest BCUT2D eigenvalue weighted by Gasteiger charge is 2.22. The van der Waals surface area contributed by atoms with Gasteiger partial charge in [-0.05, 0) is 62.4 Å². The molecule has 2 aromatic carbocycles. The van der Waals surface area contributed by atoms with Crippen LogP contribution in [0.25, 0.3) is 11.0 Å². The van der Waals surface area contributed by atoms with Crippen molar-refractivity contribution in [1.82, 2.24) is 19.8 Å². The van der Waals surface area contributed by atoms with Crippen molar-refractivity contribution >= 4 is 22.9 Å². The zero-order valence-corrected chi connectivity index (χ0v) is 19.5. The number of amides is 1. The van der Waals surface area contributed by atoms with Gasteiger partial charge in [0.2, 0.25) is 5.95 Å². The summed E-state index contributed by atoms with van der Waals surface area (Å²) in [6.45, 7) is 7.91. The van der Waals surface area contributed by atoms with Crippen molar-refractivity contribution in [2.24, 2.45) is 5.92 Å². The van der Waals surface area contributed by atoms with Gasteiger partial charge < -0.3 is 20.1 Å². The van der Waals surface area contributed by atoms with Crippen LogP contribution in [0.4, 0.5) is 5.95 Å². The number of hydrogen-bond donors (Lipinski definition) is 2. The number of aromatic amines is 1. The lowest BCUT2D eigenvalue weighted by molar-refractivity contribution is 0.0765. The molecule has 1 aliphatic rings. The molecule has 0 spiro atoms. The van der Waals surface area contributed by atoms with Crippen LogP contribution < -0.4 is 5.32 Å². The molecule has 6 heteroatoms. The summed E-state index contributed by atoms with van der Waals surface area (Å²) in [6, 6.07) is 18.1. The molecule has 2 N–H and O–H groups in total. The minimum Gasteiger partial charge on any atom is -0.353 e. The van der Waals surface area contributed by atoms with E-state index in [4.69, 9.17) is 0 Å². The molecular formula is C27H35N5O. The molecule has 0 bridgehead atoms. The number of benzene rings is 2. The van der Waals surface area contributed by atoms with Crippen molar-refractivity contribution < 1.29 is 4.79 Å². The molecular weight excluding hydrogens is 410 g/mol. The highest BCUT2D eigenvalue weighted by molar-refractivity contribution is 5.94. The summed E-state index contributed by atoms with van der Waals surface area (Å²) in [6.07, 6.45) is 6.19. The Morgan fingerprint density at radius 3 is 2.67 bits per heavy atom. The summed E-state index contributed by atoms with van der Waals surface area (Å²) in [7, 11) is 1.90. The fraction of sp³-hybridized carbons (Fsp3) is 0.407. The first-order valence-corrected chi connectivity index (χ1v) is 12.0. The van der Waals surface area contributed by atoms with Gasteiger partial charge in [-0.3, -0.25) is 4.79 Å². The maximum atomic E-state index is 12.7. The maximum absolute atomic E-state index is 12.7. The lowest BCUT2D eigenvalue weighted by Gasteiger charge is -2.33. The Hall–Kier alpha value is -3.12. The minimum atomic E-state index is 0.0853. The molecule has 4 rings (SSSR count). The van der Waals surface area contributed by atoms with Crippen LogP contribution in [0, 0.1) is 5.92 Å². The molecule has 1 saturated heterocycles. The van der Waals surface area contributed by atoms with Crippen molar-refractivity contribution in [3.05, 3.63) is 72.8 Å². The standard InChI is InChI=1S/C27H35N5O/c1-3-9-21(20-31(2)26(33)22-10-5-4-6-11-22)14-17-32-18-15-23(16-19-32)28-27-29-24-12-7-8-13-25(24)30-27/h3-8,10-13,21,23H,1,9,14-20H2,2H3,(H2,28,29,30). The lowest BCUT2D eigenvalue weighted by atomic mass is 9.98. The average molecular weight is 446 g/mol. The second-order valence-corrected chi connectivity index (χ2v) is 9.09. The minimum absolute atomic E-state index is 0.0853. The van der Waals surface area contributed by atoms with Gasteiger partial charge in [0, 0.05) is 38.3 Å². The molecule has 2 heterocycles. The molecule has 1 unspecified atom stereocenters. The Balaban J connectivity index is 1.22. The second kappa shape index (κ2) is 11.1. The van der Waals surface area contributed by atoms with Crippen LogP contribution in [-0.2, 0) is 0 Å². The van der Waals surface area contributed by atoms with E-state index in [1.54, 1.807) is 0 Å². The average Bonchev–Trinajstić information content (AvgIpc) is 3.26. The number of nitrogens with zero attached hydrogens (tertiary/aromatic N) is 3. The maximum Gasteiger partial charge on any atom is 0.253 e. The third-order valence-corrected chi connectivity index (χ3v) is 6.57. The van der Waals surface area contributed by atoms with Crippen LogP contribution in [0.2, 0.25) is 0 Å². The number of imidazole rings is 1. The molecule has 3 aromatic rings. The van der Waals surface area contributed by atoms with E-state index in [-0.39, 0.29) is 5.91 Å². The summed E-state index contributed by atoms with van der Waals surface area (Å²) in [4.78, 5) is 25.1. The van der Waals surface area contributed by atoms with Crippen LogP contribution >= 0.6 is 0 Å². The normalized spacial score (nSPS) is 15.9. The molecule has 174 valence electrons. The molecule has 0 aliphatic carbocycles. The van der Waals surface area contributed by atoms with Gasteiger partial charge in [-0.15, -0.1) is 6.58 Å². The lowest BCUT2D eigenvalue weighted by Crippen LogP contribution is -2.40. The Bertz CT molecular complexity index is 1010. The van der Waals surface area contributed by atoms with E-state index in [0.717, 1.165) is 74.4 Å². The monoisotopic (exact) mass is 445 g/mol. The summed E-state index contributed by atoms with van der Waals surface area (Å²) in [5.74, 6) is 1.38. The van der Waals surface area contributed by atoms with Gasteiger partial charge in [-0.2, -0.15) is 0 Å². The van der Waals surface area contributed by atoms with Gasteiger partial charge in [0.1, 0.15) is 0 Å². The predicted molar refractivity (Wildman–Crippen MR) is 136 cm³/mol. The summed E-state index contributed by atoms with van der Waals surface area (Å²) >= 11 is 0.